The Kier molecular flexibility index (Phi) is 6.03. The number of amides is 2. The first kappa shape index (κ1) is 18.6. The van der Waals surface area contributed by atoms with Gasteiger partial charge in [0.1, 0.15) is 11.8 Å². The topological polar surface area (TPSA) is 61.9 Å². The third-order valence-electron chi connectivity index (χ3n) is 4.78. The molecule has 2 heterocycles. The van der Waals surface area contributed by atoms with E-state index in [4.69, 9.17) is 0 Å². The first-order valence-electron chi connectivity index (χ1n) is 8.92. The molecule has 6 nitrogen and oxygen atoms in total. The highest BCUT2D eigenvalue weighted by atomic mass is 19.3. The molecule has 2 fully saturated rings. The molecule has 2 amide bonds. The van der Waals surface area contributed by atoms with Crippen molar-refractivity contribution in [1.82, 2.24) is 15.1 Å². The third-order valence-corrected chi connectivity index (χ3v) is 4.78. The molecular formula is C18H23F2N3O3. The molecule has 3 rings (SSSR count). The Morgan fingerprint density at radius 1 is 1.12 bits per heavy atom. The molecular weight excluding hydrogens is 344 g/mol. The predicted octanol–water partition coefficient (Wildman–Crippen LogP) is 1.71. The number of nitrogens with zero attached hydrogens (tertiary/aromatic N) is 2. The van der Waals surface area contributed by atoms with Gasteiger partial charge in [-0.05, 0) is 37.9 Å². The number of benzene rings is 1. The van der Waals surface area contributed by atoms with Gasteiger partial charge in [-0.25, -0.2) is 0 Å². The van der Waals surface area contributed by atoms with E-state index in [1.165, 1.54) is 23.1 Å². The number of likely N-dealkylation sites (tertiary alicyclic amines) is 1. The molecule has 1 aromatic carbocycles. The Labute approximate surface area is 151 Å². The van der Waals surface area contributed by atoms with Gasteiger partial charge in [0.2, 0.25) is 5.91 Å². The Morgan fingerprint density at radius 3 is 2.73 bits per heavy atom. The molecule has 2 aliphatic rings. The molecule has 0 aromatic heterocycles. The van der Waals surface area contributed by atoms with Gasteiger partial charge >= 0.3 is 6.61 Å². The van der Waals surface area contributed by atoms with Gasteiger partial charge < -0.3 is 19.9 Å². The normalized spacial score (nSPS) is 21.0. The smallest absolute Gasteiger partial charge is 0.387 e. The molecule has 0 aliphatic carbocycles. The van der Waals surface area contributed by atoms with Crippen molar-refractivity contribution in [2.75, 3.05) is 32.7 Å². The number of rotatable bonds is 4. The van der Waals surface area contributed by atoms with Crippen molar-refractivity contribution in [2.24, 2.45) is 0 Å². The lowest BCUT2D eigenvalue weighted by molar-refractivity contribution is -0.135. The molecule has 1 aromatic rings. The van der Waals surface area contributed by atoms with Crippen molar-refractivity contribution < 1.29 is 23.1 Å². The summed E-state index contributed by atoms with van der Waals surface area (Å²) < 4.78 is 29.7. The molecule has 26 heavy (non-hydrogen) atoms. The second-order valence-corrected chi connectivity index (χ2v) is 6.46. The van der Waals surface area contributed by atoms with E-state index in [9.17, 15) is 18.4 Å². The number of hydrogen-bond donors (Lipinski definition) is 1. The zero-order valence-electron chi connectivity index (χ0n) is 14.5. The van der Waals surface area contributed by atoms with Gasteiger partial charge in [-0.3, -0.25) is 9.59 Å². The summed E-state index contributed by atoms with van der Waals surface area (Å²) >= 11 is 0. The Hall–Kier alpha value is -2.22. The van der Waals surface area contributed by atoms with E-state index >= 15 is 0 Å². The second-order valence-electron chi connectivity index (χ2n) is 6.46. The lowest BCUT2D eigenvalue weighted by Gasteiger charge is -2.29. The Bertz CT molecular complexity index is 648. The van der Waals surface area contributed by atoms with E-state index in [2.05, 4.69) is 10.1 Å². The summed E-state index contributed by atoms with van der Waals surface area (Å²) in [6, 6.07) is 5.38. The highest BCUT2D eigenvalue weighted by Gasteiger charge is 2.37. The Morgan fingerprint density at radius 2 is 1.92 bits per heavy atom. The SMILES string of the molecule is O=C(C1CCCN1C(=O)c1ccccc1OC(F)F)N1CCCNCC1. The number of carbonyl (C=O) groups is 2. The number of carbonyl (C=O) groups excluding carboxylic acids is 2. The molecule has 2 saturated heterocycles. The highest BCUT2D eigenvalue weighted by Crippen LogP contribution is 2.27. The number of nitrogens with one attached hydrogen (secondary N) is 1. The number of hydrogen-bond acceptors (Lipinski definition) is 4. The van der Waals surface area contributed by atoms with Crippen molar-refractivity contribution in [1.29, 1.82) is 0 Å². The van der Waals surface area contributed by atoms with Gasteiger partial charge in [0, 0.05) is 26.2 Å². The summed E-state index contributed by atoms with van der Waals surface area (Å²) in [6.45, 7) is 0.305. The van der Waals surface area contributed by atoms with E-state index in [1.54, 1.807) is 11.0 Å². The van der Waals surface area contributed by atoms with Crippen LogP contribution in [0.25, 0.3) is 0 Å². The molecule has 142 valence electrons. The average molecular weight is 367 g/mol. The summed E-state index contributed by atoms with van der Waals surface area (Å²) in [5.74, 6) is -0.665. The first-order valence-corrected chi connectivity index (χ1v) is 8.92. The maximum Gasteiger partial charge on any atom is 0.387 e. The van der Waals surface area contributed by atoms with Gasteiger partial charge in [-0.2, -0.15) is 8.78 Å². The van der Waals surface area contributed by atoms with Crippen LogP contribution in [0.5, 0.6) is 5.75 Å². The summed E-state index contributed by atoms with van der Waals surface area (Å²) in [5.41, 5.74) is 0.0602. The van der Waals surface area contributed by atoms with E-state index in [1.807, 2.05) is 0 Å². The van der Waals surface area contributed by atoms with Crippen LogP contribution in [0.3, 0.4) is 0 Å². The van der Waals surface area contributed by atoms with Crippen LogP contribution < -0.4 is 10.1 Å². The van der Waals surface area contributed by atoms with Crippen LogP contribution in [0.1, 0.15) is 29.6 Å². The van der Waals surface area contributed by atoms with Crippen LogP contribution in [0.2, 0.25) is 0 Å². The lowest BCUT2D eigenvalue weighted by atomic mass is 10.1. The molecule has 1 N–H and O–H groups in total. The van der Waals surface area contributed by atoms with Gasteiger partial charge in [0.15, 0.2) is 0 Å². The molecule has 2 aliphatic heterocycles. The summed E-state index contributed by atoms with van der Waals surface area (Å²) in [4.78, 5) is 29.1. The second kappa shape index (κ2) is 8.44. The van der Waals surface area contributed by atoms with Crippen molar-refractivity contribution in [3.8, 4) is 5.75 Å². The number of ether oxygens (including phenoxy) is 1. The molecule has 1 unspecified atom stereocenters. The van der Waals surface area contributed by atoms with E-state index < -0.39 is 18.6 Å². The fourth-order valence-electron chi connectivity index (χ4n) is 3.54. The van der Waals surface area contributed by atoms with Crippen molar-refractivity contribution >= 4 is 11.8 Å². The van der Waals surface area contributed by atoms with Crippen molar-refractivity contribution in [3.05, 3.63) is 29.8 Å². The molecule has 8 heteroatoms. The minimum Gasteiger partial charge on any atom is -0.434 e. The zero-order chi connectivity index (χ0) is 18.5. The largest absolute Gasteiger partial charge is 0.434 e. The quantitative estimate of drug-likeness (QED) is 0.880. The van der Waals surface area contributed by atoms with Crippen LogP contribution in [0.4, 0.5) is 8.78 Å². The highest BCUT2D eigenvalue weighted by molar-refractivity contribution is 6.00. The number of para-hydroxylation sites is 1. The van der Waals surface area contributed by atoms with Gasteiger partial charge in [0.25, 0.3) is 5.91 Å². The third kappa shape index (κ3) is 4.12. The molecule has 0 saturated carbocycles. The monoisotopic (exact) mass is 367 g/mol. The number of halogens is 2. The lowest BCUT2D eigenvalue weighted by Crippen LogP contribution is -2.48. The molecule has 0 radical (unpaired) electrons. The maximum absolute atomic E-state index is 12.9. The van der Waals surface area contributed by atoms with Crippen molar-refractivity contribution in [2.45, 2.75) is 31.9 Å². The average Bonchev–Trinajstić information content (AvgIpc) is 2.95. The first-order chi connectivity index (χ1) is 12.6. The van der Waals surface area contributed by atoms with Crippen molar-refractivity contribution in [3.63, 3.8) is 0 Å². The number of alkyl halides is 2. The fourth-order valence-corrected chi connectivity index (χ4v) is 3.54. The van der Waals surface area contributed by atoms with Crippen LogP contribution >= 0.6 is 0 Å². The van der Waals surface area contributed by atoms with Crippen LogP contribution in [-0.2, 0) is 4.79 Å². The fraction of sp³-hybridized carbons (Fsp3) is 0.556. The summed E-state index contributed by atoms with van der Waals surface area (Å²) in [5, 5.41) is 3.25. The molecule has 0 bridgehead atoms. The van der Waals surface area contributed by atoms with Crippen LogP contribution in [0.15, 0.2) is 24.3 Å². The molecule has 0 spiro atoms. The van der Waals surface area contributed by atoms with Crippen LogP contribution in [-0.4, -0.2) is 67.0 Å². The Balaban J connectivity index is 1.77. The zero-order valence-corrected chi connectivity index (χ0v) is 14.5. The summed E-state index contributed by atoms with van der Waals surface area (Å²) in [7, 11) is 0. The van der Waals surface area contributed by atoms with Crippen LogP contribution in [0, 0.1) is 0 Å². The predicted molar refractivity (Wildman–Crippen MR) is 91.2 cm³/mol. The van der Waals surface area contributed by atoms with Gasteiger partial charge in [0.05, 0.1) is 5.56 Å². The summed E-state index contributed by atoms with van der Waals surface area (Å²) in [6.07, 6.45) is 2.18. The van der Waals surface area contributed by atoms with E-state index in [0.29, 0.717) is 32.5 Å². The van der Waals surface area contributed by atoms with Gasteiger partial charge in [-0.15, -0.1) is 0 Å². The minimum atomic E-state index is -3.01. The maximum atomic E-state index is 12.9. The molecule has 1 atom stereocenters. The standard InChI is InChI=1S/C18H23F2N3O3/c19-18(20)26-15-7-2-1-5-13(15)16(24)23-11-3-6-14(23)17(25)22-10-4-8-21-9-12-22/h1-2,5,7,14,18,21H,3-4,6,8-12H2. The van der Waals surface area contributed by atoms with Gasteiger partial charge in [-0.1, -0.05) is 12.1 Å². The van der Waals surface area contributed by atoms with E-state index in [0.717, 1.165) is 19.5 Å². The minimum absolute atomic E-state index is 0.0602. The van der Waals surface area contributed by atoms with E-state index in [-0.39, 0.29) is 17.2 Å².